The Morgan fingerprint density at radius 1 is 1.08 bits per heavy atom. The number of likely N-dealkylation sites (tertiary alicyclic amines) is 1. The van der Waals surface area contributed by atoms with E-state index in [-0.39, 0.29) is 17.9 Å². The van der Waals surface area contributed by atoms with E-state index in [0.29, 0.717) is 19.3 Å². The van der Waals surface area contributed by atoms with Crippen LogP contribution in [0.3, 0.4) is 0 Å². The van der Waals surface area contributed by atoms with Crippen LogP contribution in [0.25, 0.3) is 0 Å². The highest BCUT2D eigenvalue weighted by Crippen LogP contribution is 2.25. The number of rotatable bonds is 12. The fraction of sp³-hybridized carbons (Fsp3) is 0.444. The van der Waals surface area contributed by atoms with Gasteiger partial charge in [0.2, 0.25) is 21.8 Å². The van der Waals surface area contributed by atoms with Crippen LogP contribution in [0.5, 0.6) is 0 Å². The molecule has 2 N–H and O–H groups in total. The van der Waals surface area contributed by atoms with Gasteiger partial charge in [-0.05, 0) is 30.0 Å². The Kier molecular flexibility index (Phi) is 9.96. The van der Waals surface area contributed by atoms with E-state index in [1.54, 1.807) is 39.0 Å². The number of ether oxygens (including phenoxy) is 1. The zero-order valence-electron chi connectivity index (χ0n) is 21.4. The number of hydrogen-bond acceptors (Lipinski definition) is 6. The van der Waals surface area contributed by atoms with Gasteiger partial charge >= 0.3 is 0 Å². The van der Waals surface area contributed by atoms with E-state index in [9.17, 15) is 22.8 Å². The maximum absolute atomic E-state index is 13.7. The summed E-state index contributed by atoms with van der Waals surface area (Å²) in [6, 6.07) is 14.7. The number of hydrogen-bond donors (Lipinski definition) is 2. The van der Waals surface area contributed by atoms with Crippen molar-refractivity contribution >= 4 is 28.1 Å². The first-order valence-electron chi connectivity index (χ1n) is 12.4. The summed E-state index contributed by atoms with van der Waals surface area (Å²) in [5.74, 6) is -1.37. The lowest BCUT2D eigenvalue weighted by Gasteiger charge is -2.30. The number of sulfonamides is 1. The van der Waals surface area contributed by atoms with Gasteiger partial charge < -0.3 is 19.7 Å². The summed E-state index contributed by atoms with van der Waals surface area (Å²) in [4.78, 5) is 39.6. The molecule has 1 saturated heterocycles. The summed E-state index contributed by atoms with van der Waals surface area (Å²) in [7, 11) is -3.98. The molecule has 0 saturated carbocycles. The molecule has 200 valence electrons. The van der Waals surface area contributed by atoms with Gasteiger partial charge in [-0.15, -0.1) is 0 Å². The number of carbonyl (C=O) groups is 3. The van der Waals surface area contributed by atoms with Crippen molar-refractivity contribution in [2.24, 2.45) is 5.92 Å². The van der Waals surface area contributed by atoms with E-state index in [2.05, 4.69) is 10.0 Å². The Bertz CT molecular complexity index is 1160. The van der Waals surface area contributed by atoms with Crippen molar-refractivity contribution in [1.29, 1.82) is 0 Å². The monoisotopic (exact) mass is 529 g/mol. The van der Waals surface area contributed by atoms with Gasteiger partial charge in [0.1, 0.15) is 18.4 Å². The van der Waals surface area contributed by atoms with E-state index in [0.717, 1.165) is 5.56 Å². The molecule has 0 aliphatic carbocycles. The summed E-state index contributed by atoms with van der Waals surface area (Å²) in [6.45, 7) is 5.68. The van der Waals surface area contributed by atoms with Gasteiger partial charge in [-0.3, -0.25) is 9.59 Å². The quantitative estimate of drug-likeness (QED) is 0.407. The van der Waals surface area contributed by atoms with Crippen molar-refractivity contribution in [2.75, 3.05) is 6.54 Å². The van der Waals surface area contributed by atoms with Crippen LogP contribution < -0.4 is 10.0 Å². The molecular formula is C27H35N3O6S. The number of carbonyl (C=O) groups excluding carboxylic acids is 3. The van der Waals surface area contributed by atoms with Gasteiger partial charge in [0.05, 0.1) is 23.6 Å². The van der Waals surface area contributed by atoms with E-state index in [1.165, 1.54) is 17.0 Å². The van der Waals surface area contributed by atoms with E-state index < -0.39 is 52.0 Å². The predicted octanol–water partition coefficient (Wildman–Crippen LogP) is 2.27. The molecule has 10 heteroatoms. The Morgan fingerprint density at radius 2 is 1.70 bits per heavy atom. The first-order chi connectivity index (χ1) is 17.7. The predicted molar refractivity (Wildman–Crippen MR) is 139 cm³/mol. The van der Waals surface area contributed by atoms with E-state index in [1.807, 2.05) is 30.3 Å². The van der Waals surface area contributed by atoms with Gasteiger partial charge in [0, 0.05) is 13.0 Å². The Hall–Kier alpha value is -3.08. The highest BCUT2D eigenvalue weighted by Gasteiger charge is 2.44. The van der Waals surface area contributed by atoms with Crippen LogP contribution >= 0.6 is 0 Å². The summed E-state index contributed by atoms with van der Waals surface area (Å²) >= 11 is 0. The number of amides is 2. The average molecular weight is 530 g/mol. The molecule has 4 atom stereocenters. The largest absolute Gasteiger partial charge is 0.372 e. The fourth-order valence-electron chi connectivity index (χ4n) is 4.19. The summed E-state index contributed by atoms with van der Waals surface area (Å²) in [5.41, 5.74) is 0.955. The lowest BCUT2D eigenvalue weighted by Crippen LogP contribution is -2.56. The minimum Gasteiger partial charge on any atom is -0.372 e. The molecule has 3 rings (SSSR count). The van der Waals surface area contributed by atoms with Crippen LogP contribution in [0.2, 0.25) is 0 Å². The average Bonchev–Trinajstić information content (AvgIpc) is 3.34. The molecule has 1 fully saturated rings. The van der Waals surface area contributed by atoms with Crippen LogP contribution in [0.15, 0.2) is 65.6 Å². The number of nitrogens with zero attached hydrogens (tertiary/aromatic N) is 1. The summed E-state index contributed by atoms with van der Waals surface area (Å²) in [5, 5.41) is 2.68. The van der Waals surface area contributed by atoms with Crippen molar-refractivity contribution in [2.45, 2.75) is 69.3 Å². The second-order valence-electron chi connectivity index (χ2n) is 9.48. The SMILES string of the molecule is CC[C@@H](C=O)NC(=O)[C@@H]1C[C@@H](OCc2ccccc2)CN1C(=O)[C@@H](NS(=O)(=O)c1ccccc1)C(C)C. The van der Waals surface area contributed by atoms with Crippen LogP contribution in [-0.2, 0) is 35.8 Å². The standard InChI is InChI=1S/C27H35N3O6S/c1-4-21(17-31)28-26(32)24-15-22(36-18-20-11-7-5-8-12-20)16-30(24)27(33)25(19(2)3)29-37(34,35)23-13-9-6-10-14-23/h5-14,17,19,21-22,24-25,29H,4,15-16,18H2,1-3H3,(H,28,32)/t21-,22+,24-,25-/m0/s1. The first kappa shape index (κ1) is 28.5. The van der Waals surface area contributed by atoms with Crippen molar-refractivity contribution in [1.82, 2.24) is 14.9 Å². The molecule has 0 aromatic heterocycles. The highest BCUT2D eigenvalue weighted by molar-refractivity contribution is 7.89. The van der Waals surface area contributed by atoms with E-state index in [4.69, 9.17) is 4.74 Å². The topological polar surface area (TPSA) is 122 Å². The van der Waals surface area contributed by atoms with Gasteiger partial charge in [-0.1, -0.05) is 69.3 Å². The number of aldehydes is 1. The third-order valence-electron chi connectivity index (χ3n) is 6.38. The third kappa shape index (κ3) is 7.47. The maximum Gasteiger partial charge on any atom is 0.243 e. The lowest BCUT2D eigenvalue weighted by atomic mass is 10.0. The molecule has 1 aliphatic rings. The van der Waals surface area contributed by atoms with Gasteiger partial charge in [0.15, 0.2) is 0 Å². The van der Waals surface area contributed by atoms with Crippen molar-refractivity contribution in [3.05, 3.63) is 66.2 Å². The number of nitrogens with one attached hydrogen (secondary N) is 2. The molecule has 0 bridgehead atoms. The molecule has 1 heterocycles. The van der Waals surface area contributed by atoms with Crippen LogP contribution in [-0.4, -0.2) is 62.2 Å². The number of benzene rings is 2. The molecule has 0 radical (unpaired) electrons. The molecule has 9 nitrogen and oxygen atoms in total. The Morgan fingerprint density at radius 3 is 2.27 bits per heavy atom. The molecule has 2 amide bonds. The smallest absolute Gasteiger partial charge is 0.243 e. The zero-order valence-corrected chi connectivity index (χ0v) is 22.2. The molecule has 37 heavy (non-hydrogen) atoms. The zero-order chi connectivity index (χ0) is 27.0. The van der Waals surface area contributed by atoms with Crippen LogP contribution in [0.1, 0.15) is 39.2 Å². The second kappa shape index (κ2) is 12.9. The minimum atomic E-state index is -3.98. The Labute approximate surface area is 218 Å². The minimum absolute atomic E-state index is 0.0463. The second-order valence-corrected chi connectivity index (χ2v) is 11.2. The molecule has 0 spiro atoms. The lowest BCUT2D eigenvalue weighted by molar-refractivity contribution is -0.141. The van der Waals surface area contributed by atoms with Crippen LogP contribution in [0.4, 0.5) is 0 Å². The third-order valence-corrected chi connectivity index (χ3v) is 7.83. The van der Waals surface area contributed by atoms with Crippen molar-refractivity contribution < 1.29 is 27.5 Å². The summed E-state index contributed by atoms with van der Waals surface area (Å²) in [6.07, 6.45) is 0.869. The van der Waals surface area contributed by atoms with Gasteiger partial charge in [0.25, 0.3) is 0 Å². The normalized spacial score (nSPS) is 19.4. The van der Waals surface area contributed by atoms with Gasteiger partial charge in [-0.25, -0.2) is 8.42 Å². The molecule has 2 aromatic carbocycles. The maximum atomic E-state index is 13.7. The van der Waals surface area contributed by atoms with Crippen molar-refractivity contribution in [3.8, 4) is 0 Å². The molecule has 0 unspecified atom stereocenters. The fourth-order valence-corrected chi connectivity index (χ4v) is 5.55. The van der Waals surface area contributed by atoms with E-state index >= 15 is 0 Å². The first-order valence-corrected chi connectivity index (χ1v) is 13.9. The molecule has 2 aromatic rings. The summed E-state index contributed by atoms with van der Waals surface area (Å²) < 4.78 is 34.6. The molecule has 1 aliphatic heterocycles. The van der Waals surface area contributed by atoms with Crippen LogP contribution in [0, 0.1) is 5.92 Å². The highest BCUT2D eigenvalue weighted by atomic mass is 32.2. The Balaban J connectivity index is 1.82. The molecular weight excluding hydrogens is 494 g/mol. The van der Waals surface area contributed by atoms with Crippen molar-refractivity contribution in [3.63, 3.8) is 0 Å². The van der Waals surface area contributed by atoms with Gasteiger partial charge in [-0.2, -0.15) is 4.72 Å².